The van der Waals surface area contributed by atoms with E-state index in [0.717, 1.165) is 17.8 Å². The molecule has 1 aromatic rings. The van der Waals surface area contributed by atoms with Gasteiger partial charge in [-0.3, -0.25) is 4.79 Å². The molecular formula is C13H16N2OS. The van der Waals surface area contributed by atoms with Crippen LogP contribution in [0.2, 0.25) is 0 Å². The summed E-state index contributed by atoms with van der Waals surface area (Å²) in [5.41, 5.74) is 8.11. The van der Waals surface area contributed by atoms with Crippen LogP contribution < -0.4 is 10.9 Å². The minimum Gasteiger partial charge on any atom is -0.305 e. The first-order chi connectivity index (χ1) is 8.05. The smallest absolute Gasteiger partial charge is 0.214 e. The summed E-state index contributed by atoms with van der Waals surface area (Å²) in [6, 6.07) is 9.83. The van der Waals surface area contributed by atoms with E-state index in [2.05, 4.69) is 24.7 Å². The molecule has 1 aliphatic rings. The Bertz CT molecular complexity index is 440. The summed E-state index contributed by atoms with van der Waals surface area (Å²) in [5.74, 6) is 0. The molecule has 3 nitrogen and oxygen atoms in total. The van der Waals surface area contributed by atoms with Crippen molar-refractivity contribution >= 4 is 22.6 Å². The molecule has 0 aromatic heterocycles. The summed E-state index contributed by atoms with van der Waals surface area (Å²) >= 11 is 1.39. The van der Waals surface area contributed by atoms with Crippen molar-refractivity contribution in [2.24, 2.45) is 0 Å². The van der Waals surface area contributed by atoms with Crippen LogP contribution in [-0.4, -0.2) is 9.86 Å². The maximum absolute atomic E-state index is 11.5. The number of hydrogen-bond donors (Lipinski definition) is 2. The van der Waals surface area contributed by atoms with E-state index >= 15 is 0 Å². The van der Waals surface area contributed by atoms with Gasteiger partial charge in [0.05, 0.1) is 5.69 Å². The number of para-hydroxylation sites is 1. The zero-order chi connectivity index (χ0) is 12.3. The van der Waals surface area contributed by atoms with Crippen molar-refractivity contribution in [3.05, 3.63) is 42.1 Å². The monoisotopic (exact) mass is 248 g/mol. The van der Waals surface area contributed by atoms with Crippen LogP contribution in [-0.2, 0) is 4.79 Å². The Kier molecular flexibility index (Phi) is 3.43. The highest BCUT2D eigenvalue weighted by atomic mass is 32.2. The van der Waals surface area contributed by atoms with Gasteiger partial charge in [-0.15, -0.1) is 0 Å². The van der Waals surface area contributed by atoms with Crippen LogP contribution in [0.5, 0.6) is 0 Å². The molecule has 0 saturated carbocycles. The van der Waals surface area contributed by atoms with E-state index in [0.29, 0.717) is 0 Å². The molecule has 0 radical (unpaired) electrons. The van der Waals surface area contributed by atoms with Gasteiger partial charge in [-0.05, 0) is 26.0 Å². The van der Waals surface area contributed by atoms with Crippen LogP contribution >= 0.6 is 11.8 Å². The van der Waals surface area contributed by atoms with E-state index in [9.17, 15) is 4.79 Å². The van der Waals surface area contributed by atoms with Gasteiger partial charge in [0.1, 0.15) is 0 Å². The molecule has 0 unspecified atom stereocenters. The number of thioether (sulfide) groups is 1. The lowest BCUT2D eigenvalue weighted by molar-refractivity contribution is -0.107. The van der Waals surface area contributed by atoms with E-state index in [1.807, 2.05) is 30.3 Å². The third-order valence-corrected chi connectivity index (χ3v) is 3.44. The topological polar surface area (TPSA) is 41.1 Å². The van der Waals surface area contributed by atoms with Gasteiger partial charge in [-0.2, -0.15) is 0 Å². The molecule has 2 N–H and O–H groups in total. The largest absolute Gasteiger partial charge is 0.305 e. The predicted molar refractivity (Wildman–Crippen MR) is 72.6 cm³/mol. The molecular weight excluding hydrogens is 232 g/mol. The Hall–Kier alpha value is -1.42. The zero-order valence-corrected chi connectivity index (χ0v) is 10.8. The minimum absolute atomic E-state index is 0.0352. The number of nitrogens with one attached hydrogen (secondary N) is 2. The number of carbonyl (C=O) groups excluding carboxylic acids is 1. The van der Waals surface area contributed by atoms with Gasteiger partial charge in [-0.1, -0.05) is 30.0 Å². The van der Waals surface area contributed by atoms with Crippen molar-refractivity contribution in [3.63, 3.8) is 0 Å². The summed E-state index contributed by atoms with van der Waals surface area (Å²) in [7, 11) is 0. The Morgan fingerprint density at radius 1 is 1.18 bits per heavy atom. The van der Waals surface area contributed by atoms with Crippen molar-refractivity contribution in [2.45, 2.75) is 25.0 Å². The second-order valence-corrected chi connectivity index (χ2v) is 6.35. The number of anilines is 1. The molecule has 0 fully saturated rings. The molecule has 0 spiro atoms. The summed E-state index contributed by atoms with van der Waals surface area (Å²) in [6.07, 6.45) is 2.51. The summed E-state index contributed by atoms with van der Waals surface area (Å²) < 4.78 is -0.0352. The lowest BCUT2D eigenvalue weighted by Gasteiger charge is -2.28. The Labute approximate surface area is 106 Å². The van der Waals surface area contributed by atoms with Crippen LogP contribution in [0.4, 0.5) is 5.69 Å². The van der Waals surface area contributed by atoms with E-state index in [4.69, 9.17) is 0 Å². The first-order valence-corrected chi connectivity index (χ1v) is 6.37. The fraction of sp³-hybridized carbons (Fsp3) is 0.308. The Morgan fingerprint density at radius 2 is 1.88 bits per heavy atom. The van der Waals surface area contributed by atoms with Gasteiger partial charge >= 0.3 is 0 Å². The molecule has 0 atom stereocenters. The number of hydrazine groups is 1. The van der Waals surface area contributed by atoms with Crippen LogP contribution in [0.3, 0.4) is 0 Å². The second kappa shape index (κ2) is 4.84. The van der Waals surface area contributed by atoms with E-state index in [1.165, 1.54) is 11.8 Å². The maximum atomic E-state index is 11.5. The summed E-state index contributed by atoms with van der Waals surface area (Å²) in [4.78, 5) is 11.5. The number of hydrogen-bond acceptors (Lipinski definition) is 4. The first kappa shape index (κ1) is 12.0. The number of carbonyl (C=O) groups is 1. The molecule has 4 heteroatoms. The molecule has 90 valence electrons. The van der Waals surface area contributed by atoms with Crippen LogP contribution in [0.1, 0.15) is 20.3 Å². The average molecular weight is 248 g/mol. The van der Waals surface area contributed by atoms with Gasteiger partial charge in [0.25, 0.3) is 0 Å². The molecule has 0 aliphatic carbocycles. The zero-order valence-electron chi connectivity index (χ0n) is 9.99. The Balaban J connectivity index is 1.98. The Morgan fingerprint density at radius 3 is 2.53 bits per heavy atom. The standard InChI is InChI=1S/C13H16N2OS/c1-13(2)9-11(8-12(16)17-13)15-14-10-6-4-3-5-7-10/h3-8,14-15H,9H2,1-2H3. The molecule has 2 rings (SSSR count). The molecule has 0 amide bonds. The maximum Gasteiger partial charge on any atom is 0.214 e. The fourth-order valence-electron chi connectivity index (χ4n) is 1.74. The second-order valence-electron chi connectivity index (χ2n) is 4.64. The van der Waals surface area contributed by atoms with Crippen molar-refractivity contribution < 1.29 is 4.79 Å². The summed E-state index contributed by atoms with van der Waals surface area (Å²) in [6.45, 7) is 4.15. The normalized spacial score (nSPS) is 18.5. The molecule has 1 aliphatic heterocycles. The van der Waals surface area contributed by atoms with Crippen LogP contribution in [0, 0.1) is 0 Å². The fourth-order valence-corrected chi connectivity index (χ4v) is 2.72. The predicted octanol–water partition coefficient (Wildman–Crippen LogP) is 2.93. The first-order valence-electron chi connectivity index (χ1n) is 5.56. The van der Waals surface area contributed by atoms with Crippen molar-refractivity contribution in [1.29, 1.82) is 0 Å². The van der Waals surface area contributed by atoms with Crippen molar-refractivity contribution in [2.75, 3.05) is 5.43 Å². The van der Waals surface area contributed by atoms with Crippen molar-refractivity contribution in [1.82, 2.24) is 5.43 Å². The van der Waals surface area contributed by atoms with E-state index in [1.54, 1.807) is 6.08 Å². The highest BCUT2D eigenvalue weighted by Crippen LogP contribution is 2.35. The lowest BCUT2D eigenvalue weighted by atomic mass is 10.1. The van der Waals surface area contributed by atoms with Gasteiger partial charge < -0.3 is 10.9 Å². The van der Waals surface area contributed by atoms with E-state index in [-0.39, 0.29) is 9.86 Å². The number of benzene rings is 1. The quantitative estimate of drug-likeness (QED) is 0.807. The van der Waals surface area contributed by atoms with E-state index < -0.39 is 0 Å². The third kappa shape index (κ3) is 3.53. The minimum atomic E-state index is -0.0352. The molecule has 1 heterocycles. The average Bonchev–Trinajstić information content (AvgIpc) is 2.25. The third-order valence-electron chi connectivity index (χ3n) is 2.43. The summed E-state index contributed by atoms with van der Waals surface area (Å²) in [5, 5.41) is 0.110. The lowest BCUT2D eigenvalue weighted by Crippen LogP contribution is -2.31. The highest BCUT2D eigenvalue weighted by Gasteiger charge is 2.28. The molecule has 0 saturated heterocycles. The molecule has 17 heavy (non-hydrogen) atoms. The van der Waals surface area contributed by atoms with Gasteiger partial charge in [0.15, 0.2) is 0 Å². The highest BCUT2D eigenvalue weighted by molar-refractivity contribution is 8.15. The van der Waals surface area contributed by atoms with Gasteiger partial charge in [0, 0.05) is 22.9 Å². The number of rotatable bonds is 3. The SMILES string of the molecule is CC1(C)CC(NNc2ccccc2)=CC(=O)S1. The van der Waals surface area contributed by atoms with Crippen LogP contribution in [0.25, 0.3) is 0 Å². The number of allylic oxidation sites excluding steroid dienone is 1. The van der Waals surface area contributed by atoms with Gasteiger partial charge in [0.2, 0.25) is 5.12 Å². The van der Waals surface area contributed by atoms with Crippen molar-refractivity contribution in [3.8, 4) is 0 Å². The molecule has 0 bridgehead atoms. The molecule has 1 aromatic carbocycles. The van der Waals surface area contributed by atoms with Crippen LogP contribution in [0.15, 0.2) is 42.1 Å². The van der Waals surface area contributed by atoms with Gasteiger partial charge in [-0.25, -0.2) is 0 Å².